The topological polar surface area (TPSA) is 26.5 Å². The molecule has 0 saturated carbocycles. The van der Waals surface area contributed by atoms with Crippen molar-refractivity contribution in [2.45, 2.75) is 5.88 Å². The van der Waals surface area contributed by atoms with E-state index in [1.54, 1.807) is 18.2 Å². The van der Waals surface area contributed by atoms with Gasteiger partial charge in [0.1, 0.15) is 17.1 Å². The highest BCUT2D eigenvalue weighted by Gasteiger charge is 2.13. The second kappa shape index (κ2) is 5.52. The molecule has 0 N–H and O–H groups in total. The monoisotopic (exact) mass is 326 g/mol. The quantitative estimate of drug-likeness (QED) is 0.620. The summed E-state index contributed by atoms with van der Waals surface area (Å²) in [6.45, 7) is 0. The Morgan fingerprint density at radius 3 is 2.55 bits per heavy atom. The second-order valence-electron chi connectivity index (χ2n) is 4.13. The number of rotatable bonds is 3. The van der Waals surface area contributed by atoms with Crippen LogP contribution in [0.3, 0.4) is 0 Å². The van der Waals surface area contributed by atoms with Gasteiger partial charge in [-0.2, -0.15) is 4.98 Å². The van der Waals surface area contributed by atoms with E-state index < -0.39 is 0 Å². The first-order valence-electron chi connectivity index (χ1n) is 5.83. The van der Waals surface area contributed by atoms with Gasteiger partial charge in [0.05, 0.1) is 5.88 Å². The average molecular weight is 328 g/mol. The first kappa shape index (κ1) is 13.6. The van der Waals surface area contributed by atoms with Crippen molar-refractivity contribution < 1.29 is 4.74 Å². The zero-order valence-electron chi connectivity index (χ0n) is 10.2. The van der Waals surface area contributed by atoms with Crippen LogP contribution in [0.5, 0.6) is 11.6 Å². The molecule has 102 valence electrons. The number of nitrogens with zero attached hydrogens (tertiary/aromatic N) is 2. The van der Waals surface area contributed by atoms with Gasteiger partial charge in [-0.15, -0.1) is 11.6 Å². The molecule has 0 spiro atoms. The predicted octanol–water partition coefficient (Wildman–Crippen LogP) is 5.17. The molecule has 0 bridgehead atoms. The summed E-state index contributed by atoms with van der Waals surface area (Å²) in [6.07, 6.45) is 1.89. The van der Waals surface area contributed by atoms with Crippen molar-refractivity contribution >= 4 is 40.4 Å². The maximum absolute atomic E-state index is 5.99. The number of hydrogen-bond donors (Lipinski definition) is 0. The number of pyridine rings is 1. The van der Waals surface area contributed by atoms with E-state index in [1.165, 1.54) is 0 Å². The van der Waals surface area contributed by atoms with Crippen LogP contribution in [-0.4, -0.2) is 9.38 Å². The molecule has 0 amide bonds. The standard InChI is InChI=1S/C14H9Cl3N2O/c15-8-12-14(18-13-3-1-2-4-19(12)13)20-11-6-9(16)5-10(17)7-11/h1-7H,8H2. The number of ether oxygens (including phenoxy) is 1. The Kier molecular flexibility index (Phi) is 3.74. The van der Waals surface area contributed by atoms with E-state index in [9.17, 15) is 0 Å². The molecule has 3 nitrogen and oxygen atoms in total. The fourth-order valence-corrected chi connectivity index (χ4v) is 2.68. The third kappa shape index (κ3) is 2.57. The molecule has 20 heavy (non-hydrogen) atoms. The van der Waals surface area contributed by atoms with Crippen molar-refractivity contribution in [2.24, 2.45) is 0 Å². The Hall–Kier alpha value is -1.42. The molecule has 0 radical (unpaired) electrons. The lowest BCUT2D eigenvalue weighted by Crippen LogP contribution is -1.92. The first-order chi connectivity index (χ1) is 9.67. The van der Waals surface area contributed by atoms with Gasteiger partial charge < -0.3 is 4.74 Å². The van der Waals surface area contributed by atoms with Gasteiger partial charge in [0.2, 0.25) is 5.88 Å². The van der Waals surface area contributed by atoms with Crippen LogP contribution in [0.2, 0.25) is 10.0 Å². The largest absolute Gasteiger partial charge is 0.437 e. The zero-order valence-corrected chi connectivity index (χ0v) is 12.5. The van der Waals surface area contributed by atoms with E-state index in [1.807, 2.05) is 28.8 Å². The Morgan fingerprint density at radius 2 is 1.85 bits per heavy atom. The summed E-state index contributed by atoms with van der Waals surface area (Å²) in [4.78, 5) is 4.41. The van der Waals surface area contributed by atoms with Crippen molar-refractivity contribution in [1.29, 1.82) is 0 Å². The lowest BCUT2D eigenvalue weighted by molar-refractivity contribution is 0.461. The number of benzene rings is 1. The van der Waals surface area contributed by atoms with E-state index in [-0.39, 0.29) is 5.88 Å². The molecule has 0 aliphatic heterocycles. The smallest absolute Gasteiger partial charge is 0.242 e. The minimum Gasteiger partial charge on any atom is -0.437 e. The fourth-order valence-electron chi connectivity index (χ4n) is 1.93. The highest BCUT2D eigenvalue weighted by atomic mass is 35.5. The van der Waals surface area contributed by atoms with Crippen LogP contribution >= 0.6 is 34.8 Å². The molecular formula is C14H9Cl3N2O. The molecule has 0 aliphatic rings. The lowest BCUT2D eigenvalue weighted by Gasteiger charge is -2.05. The van der Waals surface area contributed by atoms with Crippen LogP contribution in [0.4, 0.5) is 0 Å². The van der Waals surface area contributed by atoms with Crippen LogP contribution in [0, 0.1) is 0 Å². The summed E-state index contributed by atoms with van der Waals surface area (Å²) in [5.74, 6) is 1.26. The maximum Gasteiger partial charge on any atom is 0.242 e. The van der Waals surface area contributed by atoms with Gasteiger partial charge in [0.25, 0.3) is 0 Å². The minimum absolute atomic E-state index is 0.287. The number of halogens is 3. The van der Waals surface area contributed by atoms with Crippen molar-refractivity contribution in [2.75, 3.05) is 0 Å². The van der Waals surface area contributed by atoms with Crippen LogP contribution in [-0.2, 0) is 5.88 Å². The van der Waals surface area contributed by atoms with Crippen LogP contribution in [0.25, 0.3) is 5.65 Å². The van der Waals surface area contributed by atoms with Crippen LogP contribution in [0.1, 0.15) is 5.69 Å². The third-order valence-corrected chi connectivity index (χ3v) is 3.46. The SMILES string of the molecule is ClCc1c(Oc2cc(Cl)cc(Cl)c2)nc2ccccn12. The van der Waals surface area contributed by atoms with Crippen LogP contribution < -0.4 is 4.74 Å². The second-order valence-corrected chi connectivity index (χ2v) is 5.27. The van der Waals surface area contributed by atoms with Crippen molar-refractivity contribution in [3.05, 3.63) is 58.3 Å². The average Bonchev–Trinajstić information content (AvgIpc) is 2.74. The molecule has 3 aromatic rings. The Balaban J connectivity index is 2.05. The molecule has 0 unspecified atom stereocenters. The number of hydrogen-bond acceptors (Lipinski definition) is 2. The molecule has 0 aliphatic carbocycles. The molecule has 0 saturated heterocycles. The summed E-state index contributed by atoms with van der Waals surface area (Å²) < 4.78 is 7.65. The van der Waals surface area contributed by atoms with Gasteiger partial charge in [-0.05, 0) is 30.3 Å². The molecule has 1 aromatic carbocycles. The molecule has 2 aromatic heterocycles. The molecule has 2 heterocycles. The van der Waals surface area contributed by atoms with E-state index in [0.29, 0.717) is 21.7 Å². The van der Waals surface area contributed by atoms with Crippen molar-refractivity contribution in [1.82, 2.24) is 9.38 Å². The first-order valence-corrected chi connectivity index (χ1v) is 7.12. The fraction of sp³-hybridized carbons (Fsp3) is 0.0714. The van der Waals surface area contributed by atoms with E-state index in [4.69, 9.17) is 39.5 Å². The summed E-state index contributed by atoms with van der Waals surface area (Å²) in [5.41, 5.74) is 1.55. The van der Waals surface area contributed by atoms with Gasteiger partial charge in [0.15, 0.2) is 0 Å². The van der Waals surface area contributed by atoms with E-state index in [2.05, 4.69) is 4.98 Å². The van der Waals surface area contributed by atoms with Crippen molar-refractivity contribution in [3.63, 3.8) is 0 Å². The Labute approximate surface area is 130 Å². The maximum atomic E-state index is 5.99. The Morgan fingerprint density at radius 1 is 1.10 bits per heavy atom. The normalized spacial score (nSPS) is 10.9. The molecule has 3 rings (SSSR count). The van der Waals surface area contributed by atoms with Crippen LogP contribution in [0.15, 0.2) is 42.6 Å². The van der Waals surface area contributed by atoms with Gasteiger partial charge in [-0.25, -0.2) is 0 Å². The van der Waals surface area contributed by atoms with Crippen molar-refractivity contribution in [3.8, 4) is 11.6 Å². The molecular weight excluding hydrogens is 319 g/mol. The number of imidazole rings is 1. The Bertz CT molecular complexity index is 750. The summed E-state index contributed by atoms with van der Waals surface area (Å²) in [6, 6.07) is 10.7. The lowest BCUT2D eigenvalue weighted by atomic mass is 10.3. The molecule has 6 heteroatoms. The molecule has 0 atom stereocenters. The van der Waals surface area contributed by atoms with Gasteiger partial charge in [-0.1, -0.05) is 29.3 Å². The summed E-state index contributed by atoms with van der Waals surface area (Å²) in [7, 11) is 0. The summed E-state index contributed by atoms with van der Waals surface area (Å²) >= 11 is 17.9. The predicted molar refractivity (Wildman–Crippen MR) is 81.3 cm³/mol. The van der Waals surface area contributed by atoms with Gasteiger partial charge in [0, 0.05) is 16.2 Å². The van der Waals surface area contributed by atoms with Gasteiger partial charge in [-0.3, -0.25) is 4.40 Å². The van der Waals surface area contributed by atoms with Gasteiger partial charge >= 0.3 is 0 Å². The third-order valence-electron chi connectivity index (χ3n) is 2.77. The summed E-state index contributed by atoms with van der Waals surface area (Å²) in [5, 5.41) is 1.01. The van der Waals surface area contributed by atoms with E-state index in [0.717, 1.165) is 11.3 Å². The highest BCUT2D eigenvalue weighted by molar-refractivity contribution is 6.34. The number of fused-ring (bicyclic) bond motifs is 1. The minimum atomic E-state index is 0.287. The number of aromatic nitrogens is 2. The zero-order chi connectivity index (χ0) is 14.1. The molecule has 0 fully saturated rings. The van der Waals surface area contributed by atoms with E-state index >= 15 is 0 Å². The number of alkyl halides is 1. The highest BCUT2D eigenvalue weighted by Crippen LogP contribution is 2.30.